The van der Waals surface area contributed by atoms with Crippen LogP contribution >= 0.6 is 0 Å². The second kappa shape index (κ2) is 4.79. The SMILES string of the molecule is COc1cc(NC(=O)O)ccc1-n1cnc(C)c1. The molecule has 94 valence electrons. The van der Waals surface area contributed by atoms with Gasteiger partial charge in [-0.2, -0.15) is 0 Å². The predicted molar refractivity (Wildman–Crippen MR) is 66.5 cm³/mol. The number of hydrogen-bond acceptors (Lipinski definition) is 3. The van der Waals surface area contributed by atoms with Gasteiger partial charge in [-0.1, -0.05) is 0 Å². The number of anilines is 1. The van der Waals surface area contributed by atoms with Crippen molar-refractivity contribution in [2.45, 2.75) is 6.92 Å². The minimum absolute atomic E-state index is 0.458. The lowest BCUT2D eigenvalue weighted by molar-refractivity contribution is 0.209. The average Bonchev–Trinajstić information content (AvgIpc) is 2.74. The van der Waals surface area contributed by atoms with Gasteiger partial charge in [0, 0.05) is 18.0 Å². The molecule has 0 bridgehead atoms. The Morgan fingerprint density at radius 1 is 1.50 bits per heavy atom. The number of imidazole rings is 1. The van der Waals surface area contributed by atoms with Crippen LogP contribution in [0.4, 0.5) is 10.5 Å². The summed E-state index contributed by atoms with van der Waals surface area (Å²) in [7, 11) is 1.53. The number of rotatable bonds is 3. The standard InChI is InChI=1S/C12H13N3O3/c1-8-6-15(7-13-8)10-4-3-9(14-12(16)17)5-11(10)18-2/h3-7,14H,1-2H3,(H,16,17). The van der Waals surface area contributed by atoms with Crippen LogP contribution in [0.1, 0.15) is 5.69 Å². The summed E-state index contributed by atoms with van der Waals surface area (Å²) in [6, 6.07) is 5.06. The summed E-state index contributed by atoms with van der Waals surface area (Å²) in [5, 5.41) is 10.9. The molecule has 1 amide bonds. The second-order valence-electron chi connectivity index (χ2n) is 3.74. The van der Waals surface area contributed by atoms with E-state index in [-0.39, 0.29) is 0 Å². The first-order valence-corrected chi connectivity index (χ1v) is 5.29. The quantitative estimate of drug-likeness (QED) is 0.872. The number of carbonyl (C=O) groups is 1. The number of aromatic nitrogens is 2. The molecular weight excluding hydrogens is 234 g/mol. The third kappa shape index (κ3) is 2.42. The molecule has 0 radical (unpaired) electrons. The predicted octanol–water partition coefficient (Wildman–Crippen LogP) is 2.28. The Morgan fingerprint density at radius 3 is 2.83 bits per heavy atom. The molecule has 0 aliphatic rings. The summed E-state index contributed by atoms with van der Waals surface area (Å²) in [4.78, 5) is 14.7. The summed E-state index contributed by atoms with van der Waals surface area (Å²) < 4.78 is 7.07. The van der Waals surface area contributed by atoms with Gasteiger partial charge < -0.3 is 14.4 Å². The lowest BCUT2D eigenvalue weighted by atomic mass is 10.2. The highest BCUT2D eigenvalue weighted by Crippen LogP contribution is 2.26. The maximum Gasteiger partial charge on any atom is 0.409 e. The van der Waals surface area contributed by atoms with Gasteiger partial charge in [-0.15, -0.1) is 0 Å². The molecule has 2 N–H and O–H groups in total. The van der Waals surface area contributed by atoms with E-state index < -0.39 is 6.09 Å². The van der Waals surface area contributed by atoms with Gasteiger partial charge >= 0.3 is 6.09 Å². The Balaban J connectivity index is 2.40. The maximum atomic E-state index is 10.6. The highest BCUT2D eigenvalue weighted by atomic mass is 16.5. The van der Waals surface area contributed by atoms with Crippen LogP contribution in [0.3, 0.4) is 0 Å². The molecule has 1 heterocycles. The van der Waals surface area contributed by atoms with E-state index in [1.54, 1.807) is 24.5 Å². The van der Waals surface area contributed by atoms with Crippen LogP contribution in [-0.2, 0) is 0 Å². The topological polar surface area (TPSA) is 76.4 Å². The Kier molecular flexibility index (Phi) is 3.18. The molecule has 0 aliphatic carbocycles. The number of aryl methyl sites for hydroxylation is 1. The normalized spacial score (nSPS) is 10.1. The first kappa shape index (κ1) is 12.0. The molecule has 1 aromatic carbocycles. The molecule has 0 saturated heterocycles. The number of amides is 1. The largest absolute Gasteiger partial charge is 0.494 e. The van der Waals surface area contributed by atoms with E-state index in [1.165, 1.54) is 7.11 Å². The maximum absolute atomic E-state index is 10.6. The van der Waals surface area contributed by atoms with Crippen LogP contribution in [-0.4, -0.2) is 27.9 Å². The van der Waals surface area contributed by atoms with Crippen LogP contribution in [0.15, 0.2) is 30.7 Å². The molecule has 0 aliphatic heterocycles. The molecular formula is C12H13N3O3. The fourth-order valence-corrected chi connectivity index (χ4v) is 1.65. The third-order valence-corrected chi connectivity index (χ3v) is 2.42. The number of methoxy groups -OCH3 is 1. The Hall–Kier alpha value is -2.50. The summed E-state index contributed by atoms with van der Waals surface area (Å²) in [6.07, 6.45) is 2.43. The van der Waals surface area contributed by atoms with Crippen LogP contribution in [0.5, 0.6) is 5.75 Å². The van der Waals surface area contributed by atoms with Gasteiger partial charge in [-0.3, -0.25) is 5.32 Å². The zero-order valence-corrected chi connectivity index (χ0v) is 10.0. The number of ether oxygens (including phenoxy) is 1. The molecule has 2 aromatic rings. The Morgan fingerprint density at radius 2 is 2.28 bits per heavy atom. The van der Waals surface area contributed by atoms with E-state index in [4.69, 9.17) is 9.84 Å². The Labute approximate surface area is 104 Å². The molecule has 0 atom stereocenters. The number of nitrogens with one attached hydrogen (secondary N) is 1. The van der Waals surface area contributed by atoms with Crippen molar-refractivity contribution in [1.82, 2.24) is 9.55 Å². The first-order valence-electron chi connectivity index (χ1n) is 5.29. The van der Waals surface area contributed by atoms with Crippen molar-refractivity contribution in [2.75, 3.05) is 12.4 Å². The molecule has 6 nitrogen and oxygen atoms in total. The molecule has 6 heteroatoms. The highest BCUT2D eigenvalue weighted by Gasteiger charge is 2.08. The summed E-state index contributed by atoms with van der Waals surface area (Å²) >= 11 is 0. The molecule has 0 spiro atoms. The molecule has 0 fully saturated rings. The smallest absolute Gasteiger partial charge is 0.409 e. The molecule has 0 saturated carbocycles. The Bertz CT molecular complexity index is 578. The van der Waals surface area contributed by atoms with Crippen LogP contribution in [0.2, 0.25) is 0 Å². The van der Waals surface area contributed by atoms with E-state index >= 15 is 0 Å². The number of carboxylic acid groups (broad SMARTS) is 1. The lowest BCUT2D eigenvalue weighted by Crippen LogP contribution is -2.07. The van der Waals surface area contributed by atoms with Crippen LogP contribution < -0.4 is 10.1 Å². The minimum atomic E-state index is -1.11. The fourth-order valence-electron chi connectivity index (χ4n) is 1.65. The van der Waals surface area contributed by atoms with Crippen molar-refractivity contribution in [1.29, 1.82) is 0 Å². The van der Waals surface area contributed by atoms with Gasteiger partial charge in [-0.25, -0.2) is 9.78 Å². The number of hydrogen-bond donors (Lipinski definition) is 2. The van der Waals surface area contributed by atoms with Crippen molar-refractivity contribution in [3.8, 4) is 11.4 Å². The van der Waals surface area contributed by atoms with E-state index in [1.807, 2.05) is 17.7 Å². The minimum Gasteiger partial charge on any atom is -0.494 e. The molecule has 2 rings (SSSR count). The second-order valence-corrected chi connectivity index (χ2v) is 3.74. The van der Waals surface area contributed by atoms with Gasteiger partial charge in [0.25, 0.3) is 0 Å². The summed E-state index contributed by atoms with van der Waals surface area (Å²) in [6.45, 7) is 1.89. The van der Waals surface area contributed by atoms with Crippen molar-refractivity contribution >= 4 is 11.8 Å². The van der Waals surface area contributed by atoms with Crippen molar-refractivity contribution in [3.63, 3.8) is 0 Å². The van der Waals surface area contributed by atoms with Crippen LogP contribution in [0.25, 0.3) is 5.69 Å². The van der Waals surface area contributed by atoms with E-state index in [2.05, 4.69) is 10.3 Å². The average molecular weight is 247 g/mol. The molecule has 0 unspecified atom stereocenters. The van der Waals surface area contributed by atoms with Gasteiger partial charge in [0.15, 0.2) is 0 Å². The summed E-state index contributed by atoms with van der Waals surface area (Å²) in [5.41, 5.74) is 2.15. The molecule has 18 heavy (non-hydrogen) atoms. The van der Waals surface area contributed by atoms with Crippen molar-refractivity contribution < 1.29 is 14.6 Å². The zero-order valence-electron chi connectivity index (χ0n) is 10.0. The fraction of sp³-hybridized carbons (Fsp3) is 0.167. The number of benzene rings is 1. The van der Waals surface area contributed by atoms with E-state index in [9.17, 15) is 4.79 Å². The van der Waals surface area contributed by atoms with Crippen LogP contribution in [0, 0.1) is 6.92 Å². The highest BCUT2D eigenvalue weighted by molar-refractivity contribution is 5.83. The van der Waals surface area contributed by atoms with Gasteiger partial charge in [0.2, 0.25) is 0 Å². The zero-order chi connectivity index (χ0) is 13.1. The number of nitrogens with zero attached hydrogens (tertiary/aromatic N) is 2. The van der Waals surface area contributed by atoms with E-state index in [0.29, 0.717) is 11.4 Å². The van der Waals surface area contributed by atoms with Gasteiger partial charge in [0.05, 0.1) is 24.8 Å². The van der Waals surface area contributed by atoms with Crippen molar-refractivity contribution in [3.05, 3.63) is 36.4 Å². The molecule has 1 aromatic heterocycles. The van der Waals surface area contributed by atoms with Crippen molar-refractivity contribution in [2.24, 2.45) is 0 Å². The van der Waals surface area contributed by atoms with E-state index in [0.717, 1.165) is 11.4 Å². The first-order chi connectivity index (χ1) is 8.60. The third-order valence-electron chi connectivity index (χ3n) is 2.42. The van der Waals surface area contributed by atoms with Gasteiger partial charge in [0.1, 0.15) is 5.75 Å². The summed E-state index contributed by atoms with van der Waals surface area (Å²) in [5.74, 6) is 0.568. The lowest BCUT2D eigenvalue weighted by Gasteiger charge is -2.10. The monoisotopic (exact) mass is 247 g/mol. The van der Waals surface area contributed by atoms with Gasteiger partial charge in [-0.05, 0) is 19.1 Å².